The maximum atomic E-state index is 10.1. The van der Waals surface area contributed by atoms with E-state index in [0.29, 0.717) is 20.6 Å². The molecule has 0 unspecified atom stereocenters. The van der Waals surface area contributed by atoms with Gasteiger partial charge in [0.15, 0.2) is 11.5 Å². The molecule has 0 amide bonds. The van der Waals surface area contributed by atoms with Crippen LogP contribution in [0.5, 0.6) is 11.5 Å². The molecule has 0 radical (unpaired) electrons. The molecular weight excluding hydrogens is 805 g/mol. The summed E-state index contributed by atoms with van der Waals surface area (Å²) in [6.45, 7) is 8.00. The third kappa shape index (κ3) is 18.6. The van der Waals surface area contributed by atoms with Crippen molar-refractivity contribution in [2.24, 2.45) is 31.9 Å². The maximum absolute atomic E-state index is 10.1. The Morgan fingerprint density at radius 1 is 0.433 bits per heavy atom. The summed E-state index contributed by atoms with van der Waals surface area (Å²) in [5, 5.41) is 64.2. The van der Waals surface area contributed by atoms with Crippen molar-refractivity contribution in [1.82, 2.24) is 0 Å². The van der Waals surface area contributed by atoms with Crippen LogP contribution in [0.4, 0.5) is 11.4 Å². The van der Waals surface area contributed by atoms with Crippen molar-refractivity contribution in [3.63, 3.8) is 0 Å². The molecule has 0 aliphatic heterocycles. The van der Waals surface area contributed by atoms with Gasteiger partial charge in [-0.05, 0) is 47.8 Å². The average Bonchev–Trinajstić information content (AvgIpc) is 3.33. The van der Waals surface area contributed by atoms with E-state index in [1.165, 1.54) is 39.0 Å². The first-order chi connectivity index (χ1) is 29.5. The van der Waals surface area contributed by atoms with Crippen molar-refractivity contribution in [1.29, 1.82) is 0 Å². The van der Waals surface area contributed by atoms with E-state index in [-0.39, 0.29) is 22.9 Å². The van der Waals surface area contributed by atoms with Gasteiger partial charge in [0, 0.05) is 24.9 Å². The summed E-state index contributed by atoms with van der Waals surface area (Å²) in [5.74, 6) is 0.00507. The van der Waals surface area contributed by atoms with E-state index in [9.17, 15) is 10.2 Å². The predicted molar refractivity (Wildman–Crippen MR) is 247 cm³/mol. The van der Waals surface area contributed by atoms with Crippen LogP contribution in [0.2, 0.25) is 0 Å². The highest BCUT2D eigenvalue weighted by Gasteiger charge is 2.15. The number of phenolic OH excluding ortho intramolecular Hbond substituents is 2. The highest BCUT2D eigenvalue weighted by Crippen LogP contribution is 2.44. The van der Waals surface area contributed by atoms with Crippen molar-refractivity contribution in [3.05, 3.63) is 146 Å². The van der Waals surface area contributed by atoms with Gasteiger partial charge in [0.05, 0.1) is 33.9 Å². The quantitative estimate of drug-likeness (QED) is 0.0364. The van der Waals surface area contributed by atoms with Crippen molar-refractivity contribution in [2.75, 3.05) is 28.2 Å². The molecule has 7 aromatic carbocycles. The molecule has 0 aromatic heterocycles. The Morgan fingerprint density at radius 2 is 0.700 bits per heavy atom. The van der Waals surface area contributed by atoms with Crippen LogP contribution < -0.4 is 11.5 Å². The van der Waals surface area contributed by atoms with E-state index in [1.54, 1.807) is 24.3 Å². The molecule has 0 heterocycles. The zero-order chi connectivity index (χ0) is 45.0. The van der Waals surface area contributed by atoms with Crippen LogP contribution in [0.25, 0.3) is 32.3 Å². The van der Waals surface area contributed by atoms with Gasteiger partial charge in [-0.1, -0.05) is 171 Å². The van der Waals surface area contributed by atoms with Crippen molar-refractivity contribution < 1.29 is 39.5 Å². The van der Waals surface area contributed by atoms with Crippen LogP contribution in [0.15, 0.2) is 176 Å². The second kappa shape index (κ2) is 35.4. The minimum absolute atomic E-state index is 0.00254. The average molecular weight is 861 g/mol. The lowest BCUT2D eigenvalue weighted by molar-refractivity contribution is -0.432. The smallest absolute Gasteiger partial charge is 0.152 e. The molecule has 7 aromatic rings. The highest BCUT2D eigenvalue weighted by atomic mass is 32.2. The number of nitrogens with two attached hydrogens (primary N) is 2. The normalized spacial score (nSPS) is 9.73. The number of rotatable bonds is 8. The van der Waals surface area contributed by atoms with Crippen molar-refractivity contribution in [2.45, 2.75) is 37.5 Å². The lowest BCUT2D eigenvalue weighted by atomic mass is 10.1. The molecule has 16 heteroatoms. The first-order valence-corrected chi connectivity index (χ1v) is 20.0. The fourth-order valence-electron chi connectivity index (χ4n) is 4.73. The van der Waals surface area contributed by atoms with E-state index < -0.39 is 0 Å². The van der Waals surface area contributed by atoms with Crippen LogP contribution in [0, 0.1) is 0 Å². The number of hydrogen-bond acceptors (Lipinski definition) is 16. The van der Waals surface area contributed by atoms with E-state index in [4.69, 9.17) is 10.5 Å². The van der Waals surface area contributed by atoms with Gasteiger partial charge in [-0.25, -0.2) is 10.5 Å². The van der Waals surface area contributed by atoms with Gasteiger partial charge in [-0.3, -0.25) is 0 Å². The summed E-state index contributed by atoms with van der Waals surface area (Å²) in [6.07, 6.45) is 0. The van der Waals surface area contributed by atoms with Gasteiger partial charge in [-0.2, -0.15) is 20.5 Å². The minimum atomic E-state index is 0.00254. The van der Waals surface area contributed by atoms with Gasteiger partial charge in [0.25, 0.3) is 0 Å². The second-order valence-corrected chi connectivity index (χ2v) is 11.6. The molecule has 0 aliphatic rings. The van der Waals surface area contributed by atoms with Crippen LogP contribution >= 0.6 is 24.1 Å². The van der Waals surface area contributed by atoms with E-state index >= 15 is 0 Å². The van der Waals surface area contributed by atoms with E-state index in [0.717, 1.165) is 34.9 Å². The largest absolute Gasteiger partial charge is 0.505 e. The summed E-state index contributed by atoms with van der Waals surface area (Å²) in [4.78, 5) is 0.955. The Kier molecular flexibility index (Phi) is 32.2. The molecule has 14 nitrogen and oxygen atoms in total. The molecule has 0 aliphatic carbocycles. The van der Waals surface area contributed by atoms with Gasteiger partial charge in [0.1, 0.15) is 11.4 Å². The summed E-state index contributed by atoms with van der Waals surface area (Å²) in [7, 11) is 5.99. The van der Waals surface area contributed by atoms with Crippen LogP contribution in [-0.2, 0) is 18.7 Å². The summed E-state index contributed by atoms with van der Waals surface area (Å²) >= 11 is 1.46. The molecule has 60 heavy (non-hydrogen) atoms. The standard InChI is InChI=1S/2C11H10N2O4S.C10H8.C6H6.2C2H6.2CH5N/c2*1-12-13-10-9(18-17-16-15)6-7-4-2-3-5-8(7)11(10)14;1-2-6-10-8-4-3-7-9(10)5-1;1-2-4-6-5-3-1;4*1-2/h2*2-6,14-15H,1H3;1-8H;1-6H;2*1-2H3;2*2H2,1H3. The molecule has 322 valence electrons. The Hall–Kier alpha value is -5.50. The number of fused-ring (bicyclic) bond motifs is 3. The highest BCUT2D eigenvalue weighted by molar-refractivity contribution is 7.95. The van der Waals surface area contributed by atoms with Crippen molar-refractivity contribution >= 4 is 67.8 Å². The number of phenols is 2. The third-order valence-corrected chi connectivity index (χ3v) is 8.19. The lowest BCUT2D eigenvalue weighted by Crippen LogP contribution is -1.83. The maximum Gasteiger partial charge on any atom is 0.152 e. The number of benzene rings is 7. The molecule has 0 fully saturated rings. The summed E-state index contributed by atoms with van der Waals surface area (Å²) in [6, 6.07) is 46.8. The first kappa shape index (κ1) is 54.5. The number of hydrogen-bond donors (Lipinski definition) is 6. The van der Waals surface area contributed by atoms with Gasteiger partial charge in [-0.15, -0.1) is 8.67 Å². The lowest BCUT2D eigenvalue weighted by Gasteiger charge is -2.08. The Balaban J connectivity index is 0.000000770. The Morgan fingerprint density at radius 3 is 0.967 bits per heavy atom. The predicted octanol–water partition coefficient (Wildman–Crippen LogP) is 13.1. The first-order valence-electron chi connectivity index (χ1n) is 18.5. The Labute approximate surface area is 360 Å². The van der Waals surface area contributed by atoms with Gasteiger partial charge >= 0.3 is 0 Å². The molecule has 0 saturated carbocycles. The number of nitrogens with zero attached hydrogens (tertiary/aromatic N) is 4. The van der Waals surface area contributed by atoms with Crippen molar-refractivity contribution in [3.8, 4) is 11.5 Å². The molecule has 0 atom stereocenters. The molecule has 0 spiro atoms. The van der Waals surface area contributed by atoms with E-state index in [2.05, 4.69) is 99.2 Å². The molecule has 0 bridgehead atoms. The SMILES string of the molecule is CC.CC.CN.CN.CN=Nc1c(SOOO)cc2ccccc2c1O.CN=Nc1c(SOOO)cc2ccccc2c1O.c1ccc2ccccc2c1.c1ccccc1. The second-order valence-electron chi connectivity index (χ2n) is 10.1. The van der Waals surface area contributed by atoms with E-state index in [1.807, 2.05) is 100 Å². The fraction of sp³-hybridized carbons (Fsp3) is 0.182. The molecule has 8 N–H and O–H groups in total. The van der Waals surface area contributed by atoms with Gasteiger partial charge < -0.3 is 21.7 Å². The summed E-state index contributed by atoms with van der Waals surface area (Å²) in [5.41, 5.74) is 9.52. The van der Waals surface area contributed by atoms with Crippen LogP contribution in [0.1, 0.15) is 27.7 Å². The monoisotopic (exact) mass is 860 g/mol. The zero-order valence-electron chi connectivity index (χ0n) is 35.0. The zero-order valence-corrected chi connectivity index (χ0v) is 36.7. The minimum Gasteiger partial charge on any atom is -0.505 e. The molecule has 7 rings (SSSR count). The van der Waals surface area contributed by atoms with Crippen LogP contribution in [-0.4, -0.2) is 48.9 Å². The third-order valence-electron chi connectivity index (χ3n) is 6.95. The van der Waals surface area contributed by atoms with Gasteiger partial charge in [0.2, 0.25) is 0 Å². The molecule has 0 saturated heterocycles. The Bertz CT molecular complexity index is 2020. The number of aromatic hydroxyl groups is 2. The summed E-state index contributed by atoms with van der Waals surface area (Å²) < 4.78 is 8.74. The van der Waals surface area contributed by atoms with Crippen LogP contribution in [0.3, 0.4) is 0 Å². The molecular formula is C44H56N6O8S2. The fourth-order valence-corrected chi connectivity index (χ4v) is 5.72. The number of azo groups is 2. The topological polar surface area (TPSA) is 219 Å².